The lowest BCUT2D eigenvalue weighted by atomic mass is 10.1. The lowest BCUT2D eigenvalue weighted by Gasteiger charge is -2.36. The van der Waals surface area contributed by atoms with Crippen LogP contribution in [0.4, 0.5) is 10.5 Å². The summed E-state index contributed by atoms with van der Waals surface area (Å²) >= 11 is 6.22. The topological polar surface area (TPSA) is 62.5 Å². The van der Waals surface area contributed by atoms with E-state index in [9.17, 15) is 9.59 Å². The van der Waals surface area contributed by atoms with Crippen molar-refractivity contribution in [3.8, 4) is 0 Å². The smallest absolute Gasteiger partial charge is 0.333 e. The minimum atomic E-state index is -0.500. The second-order valence-electron chi connectivity index (χ2n) is 8.77. The van der Waals surface area contributed by atoms with Gasteiger partial charge in [0.25, 0.3) is 17.8 Å². The van der Waals surface area contributed by atoms with Crippen molar-refractivity contribution in [1.82, 2.24) is 14.7 Å². The summed E-state index contributed by atoms with van der Waals surface area (Å²) in [6.07, 6.45) is 2.00. The zero-order chi connectivity index (χ0) is 23.0. The van der Waals surface area contributed by atoms with Crippen LogP contribution >= 0.6 is 11.6 Å². The van der Waals surface area contributed by atoms with E-state index in [4.69, 9.17) is 16.6 Å². The van der Waals surface area contributed by atoms with Gasteiger partial charge in [0.15, 0.2) is 0 Å². The summed E-state index contributed by atoms with van der Waals surface area (Å²) in [5.74, 6) is 1.24. The van der Waals surface area contributed by atoms with Crippen molar-refractivity contribution >= 4 is 40.9 Å². The van der Waals surface area contributed by atoms with E-state index < -0.39 is 6.04 Å². The normalized spacial score (nSPS) is 22.1. The zero-order valence-corrected chi connectivity index (χ0v) is 20.1. The number of amides is 3. The number of aryl methyl sites for hydroxylation is 1. The van der Waals surface area contributed by atoms with E-state index >= 15 is 0 Å². The Morgan fingerprint density at radius 2 is 1.84 bits per heavy atom. The number of amidine groups is 2. The molecule has 32 heavy (non-hydrogen) atoms. The SMILES string of the molecule is CCCC[N+]1=C(CN2CCN(c3cc(Cl)ccc3C)CC2)N=C2C1C(=O)N(C)C(=O)N2C. The summed E-state index contributed by atoms with van der Waals surface area (Å²) in [5.41, 5.74) is 2.42. The molecule has 1 aromatic rings. The maximum Gasteiger partial charge on any atom is 0.333 e. The standard InChI is InChI=1S/C23H32ClN6O2/c1-5-6-9-30-19(25-21-20(30)22(31)27(4)23(32)26(21)3)15-28-10-12-29(13-11-28)18-14-17(24)8-7-16(18)2/h7-8,14,20H,5-6,9-13,15H2,1-4H3/q+1. The van der Waals surface area contributed by atoms with E-state index in [0.717, 1.165) is 56.4 Å². The van der Waals surface area contributed by atoms with E-state index in [0.29, 0.717) is 12.4 Å². The number of piperazine rings is 1. The average Bonchev–Trinajstić information content (AvgIpc) is 3.15. The van der Waals surface area contributed by atoms with E-state index in [2.05, 4.69) is 34.3 Å². The van der Waals surface area contributed by atoms with Gasteiger partial charge in [-0.3, -0.25) is 19.5 Å². The molecule has 3 heterocycles. The van der Waals surface area contributed by atoms with Crippen LogP contribution in [0.5, 0.6) is 0 Å². The van der Waals surface area contributed by atoms with Gasteiger partial charge in [-0.1, -0.05) is 31.0 Å². The summed E-state index contributed by atoms with van der Waals surface area (Å²) in [6.45, 7) is 9.29. The quantitative estimate of drug-likeness (QED) is 0.612. The van der Waals surface area contributed by atoms with E-state index in [1.54, 1.807) is 14.1 Å². The predicted molar refractivity (Wildman–Crippen MR) is 127 cm³/mol. The van der Waals surface area contributed by atoms with Crippen LogP contribution in [0.25, 0.3) is 0 Å². The lowest BCUT2D eigenvalue weighted by Crippen LogP contribution is -2.61. The molecule has 3 aliphatic rings. The number of benzene rings is 1. The molecule has 0 spiro atoms. The fourth-order valence-corrected chi connectivity index (χ4v) is 4.80. The highest BCUT2D eigenvalue weighted by molar-refractivity contribution is 6.30. The van der Waals surface area contributed by atoms with Crippen LogP contribution in [-0.2, 0) is 4.79 Å². The second kappa shape index (κ2) is 9.19. The number of halogens is 1. The second-order valence-corrected chi connectivity index (χ2v) is 9.21. The van der Waals surface area contributed by atoms with Crippen molar-refractivity contribution in [2.45, 2.75) is 32.7 Å². The third-order valence-corrected chi connectivity index (χ3v) is 6.85. The van der Waals surface area contributed by atoms with Gasteiger partial charge < -0.3 is 4.90 Å². The third kappa shape index (κ3) is 4.13. The van der Waals surface area contributed by atoms with Crippen molar-refractivity contribution in [2.24, 2.45) is 4.99 Å². The minimum absolute atomic E-state index is 0.195. The molecule has 9 heteroatoms. The first-order valence-electron chi connectivity index (χ1n) is 11.3. The van der Waals surface area contributed by atoms with Crippen molar-refractivity contribution in [2.75, 3.05) is 58.3 Å². The number of hydrogen-bond donors (Lipinski definition) is 0. The Bertz CT molecular complexity index is 983. The molecular formula is C23H32ClN6O2+. The number of rotatable bonds is 6. The summed E-state index contributed by atoms with van der Waals surface area (Å²) in [7, 11) is 3.25. The molecule has 2 fully saturated rings. The molecule has 2 saturated heterocycles. The van der Waals surface area contributed by atoms with Gasteiger partial charge in [-0.05, 0) is 36.0 Å². The van der Waals surface area contributed by atoms with Gasteiger partial charge in [0.2, 0.25) is 0 Å². The van der Waals surface area contributed by atoms with E-state index in [1.807, 2.05) is 12.1 Å². The van der Waals surface area contributed by atoms with Crippen LogP contribution in [0.3, 0.4) is 0 Å². The van der Waals surface area contributed by atoms with Crippen LogP contribution in [-0.4, -0.2) is 102 Å². The molecule has 0 radical (unpaired) electrons. The minimum Gasteiger partial charge on any atom is -0.369 e. The number of urea groups is 1. The fraction of sp³-hybridized carbons (Fsp3) is 0.565. The Labute approximate surface area is 194 Å². The predicted octanol–water partition coefficient (Wildman–Crippen LogP) is 2.29. The van der Waals surface area contributed by atoms with Gasteiger partial charge in [-0.2, -0.15) is 0 Å². The molecule has 172 valence electrons. The Hall–Kier alpha value is -2.45. The van der Waals surface area contributed by atoms with Crippen LogP contribution in [0, 0.1) is 6.92 Å². The van der Waals surface area contributed by atoms with E-state index in [-0.39, 0.29) is 11.9 Å². The molecule has 1 aromatic carbocycles. The van der Waals surface area contributed by atoms with Gasteiger partial charge in [0.1, 0.15) is 6.54 Å². The van der Waals surface area contributed by atoms with Crippen molar-refractivity contribution < 1.29 is 14.2 Å². The molecule has 1 unspecified atom stereocenters. The molecule has 3 amide bonds. The summed E-state index contributed by atoms with van der Waals surface area (Å²) in [4.78, 5) is 37.6. The number of aliphatic imine (C=N–C) groups is 1. The van der Waals surface area contributed by atoms with Crippen LogP contribution in [0.15, 0.2) is 23.2 Å². The molecule has 0 bridgehead atoms. The van der Waals surface area contributed by atoms with Crippen LogP contribution < -0.4 is 4.90 Å². The van der Waals surface area contributed by atoms with Gasteiger partial charge in [0, 0.05) is 51.0 Å². The Kier molecular flexibility index (Phi) is 6.53. The first-order valence-corrected chi connectivity index (χ1v) is 11.7. The Balaban J connectivity index is 1.51. The number of fused-ring (bicyclic) bond motifs is 1. The molecule has 0 N–H and O–H groups in total. The highest BCUT2D eigenvalue weighted by Gasteiger charge is 2.52. The number of unbranched alkanes of at least 4 members (excludes halogenated alkanes) is 1. The number of carbonyl (C=O) groups is 2. The van der Waals surface area contributed by atoms with E-state index in [1.165, 1.54) is 21.1 Å². The summed E-state index contributed by atoms with van der Waals surface area (Å²) in [5, 5.41) is 0.757. The monoisotopic (exact) mass is 459 g/mol. The van der Waals surface area contributed by atoms with Crippen molar-refractivity contribution in [1.29, 1.82) is 0 Å². The molecule has 0 aliphatic carbocycles. The lowest BCUT2D eigenvalue weighted by molar-refractivity contribution is -0.536. The van der Waals surface area contributed by atoms with Crippen LogP contribution in [0.2, 0.25) is 5.02 Å². The first-order chi connectivity index (χ1) is 15.3. The largest absolute Gasteiger partial charge is 0.369 e. The summed E-state index contributed by atoms with van der Waals surface area (Å²) < 4.78 is 2.11. The van der Waals surface area contributed by atoms with Gasteiger partial charge in [0.05, 0.1) is 6.54 Å². The molecule has 0 aromatic heterocycles. The maximum atomic E-state index is 12.9. The number of likely N-dealkylation sites (N-methyl/N-ethyl adjacent to an activating group) is 2. The molecule has 0 saturated carbocycles. The summed E-state index contributed by atoms with van der Waals surface area (Å²) in [6, 6.07) is 5.20. The van der Waals surface area contributed by atoms with Gasteiger partial charge in [-0.25, -0.2) is 9.37 Å². The number of anilines is 1. The molecular weight excluding hydrogens is 428 g/mol. The number of imide groups is 1. The van der Waals surface area contributed by atoms with Crippen molar-refractivity contribution in [3.63, 3.8) is 0 Å². The third-order valence-electron chi connectivity index (χ3n) is 6.62. The van der Waals surface area contributed by atoms with Crippen molar-refractivity contribution in [3.05, 3.63) is 28.8 Å². The number of hydrogen-bond acceptors (Lipinski definition) is 5. The Morgan fingerprint density at radius 1 is 1.12 bits per heavy atom. The molecule has 8 nitrogen and oxygen atoms in total. The molecule has 4 rings (SSSR count). The van der Waals surface area contributed by atoms with Crippen LogP contribution in [0.1, 0.15) is 25.3 Å². The Morgan fingerprint density at radius 3 is 2.53 bits per heavy atom. The highest BCUT2D eigenvalue weighted by Crippen LogP contribution is 2.26. The maximum absolute atomic E-state index is 12.9. The fourth-order valence-electron chi connectivity index (χ4n) is 4.63. The zero-order valence-electron chi connectivity index (χ0n) is 19.3. The number of nitrogens with zero attached hydrogens (tertiary/aromatic N) is 6. The molecule has 3 aliphatic heterocycles. The molecule has 1 atom stereocenters. The number of carbonyl (C=O) groups excluding carboxylic acids is 2. The van der Waals surface area contributed by atoms with Gasteiger partial charge in [-0.15, -0.1) is 0 Å². The highest BCUT2D eigenvalue weighted by atomic mass is 35.5. The first kappa shape index (κ1) is 22.7. The van der Waals surface area contributed by atoms with Gasteiger partial charge >= 0.3 is 11.9 Å². The average molecular weight is 460 g/mol.